The molecule has 0 fully saturated rings. The number of carbonyl (C=O) groups excluding carboxylic acids is 1. The minimum Gasteiger partial charge on any atom is -0.417 e. The molecule has 0 aliphatic carbocycles. The number of anilines is 1. The van der Waals surface area contributed by atoms with Crippen LogP contribution in [-0.2, 0) is 9.22 Å². The van der Waals surface area contributed by atoms with E-state index in [1.54, 1.807) is 4.90 Å². The fraction of sp³-hybridized carbons (Fsp3) is 0.588. The van der Waals surface area contributed by atoms with Gasteiger partial charge >= 0.3 is 0 Å². The normalized spacial score (nSPS) is 19.0. The van der Waals surface area contributed by atoms with Gasteiger partial charge in [0.05, 0.1) is 5.92 Å². The van der Waals surface area contributed by atoms with Gasteiger partial charge in [-0.05, 0) is 36.2 Å². The molecule has 1 unspecified atom stereocenters. The van der Waals surface area contributed by atoms with Gasteiger partial charge < -0.3 is 9.33 Å². The third-order valence-corrected chi connectivity index (χ3v) is 9.52. The third kappa shape index (κ3) is 3.06. The highest BCUT2D eigenvalue weighted by Crippen LogP contribution is 2.40. The summed E-state index contributed by atoms with van der Waals surface area (Å²) in [6, 6.07) is 8.07. The van der Waals surface area contributed by atoms with Crippen LogP contribution in [0.2, 0.25) is 18.1 Å². The van der Waals surface area contributed by atoms with Crippen LogP contribution in [0.5, 0.6) is 0 Å². The summed E-state index contributed by atoms with van der Waals surface area (Å²) in [5.74, 6) is 0.144. The van der Waals surface area contributed by atoms with Crippen LogP contribution >= 0.6 is 0 Å². The first-order chi connectivity index (χ1) is 9.65. The predicted molar refractivity (Wildman–Crippen MR) is 90.4 cm³/mol. The van der Waals surface area contributed by atoms with Crippen LogP contribution in [-0.4, -0.2) is 27.9 Å². The number of amides is 1. The number of hydrogen-bond donors (Lipinski definition) is 0. The van der Waals surface area contributed by atoms with E-state index < -0.39 is 8.32 Å². The van der Waals surface area contributed by atoms with Gasteiger partial charge in [0.1, 0.15) is 0 Å². The van der Waals surface area contributed by atoms with E-state index in [4.69, 9.17) is 4.43 Å². The Labute approximate surface area is 129 Å². The van der Waals surface area contributed by atoms with E-state index in [1.165, 1.54) is 0 Å². The molecule has 0 saturated carbocycles. The zero-order chi connectivity index (χ0) is 15.8. The van der Waals surface area contributed by atoms with Crippen molar-refractivity contribution in [2.24, 2.45) is 0 Å². The summed E-state index contributed by atoms with van der Waals surface area (Å²) < 4.78 is 6.22. The number of para-hydroxylation sites is 1. The number of likely N-dealkylation sites (N-methyl/N-ethyl adjacent to an activating group) is 1. The first-order valence-electron chi connectivity index (χ1n) is 7.65. The summed E-state index contributed by atoms with van der Waals surface area (Å²) in [7, 11) is 0.125. The van der Waals surface area contributed by atoms with Gasteiger partial charge in [0.25, 0.3) is 0 Å². The van der Waals surface area contributed by atoms with Gasteiger partial charge in [0.2, 0.25) is 5.91 Å². The lowest BCUT2D eigenvalue weighted by atomic mass is 9.98. The minimum atomic E-state index is -1.73. The molecule has 3 nitrogen and oxygen atoms in total. The Bertz CT molecular complexity index is 534. The van der Waals surface area contributed by atoms with E-state index in [0.29, 0.717) is 6.61 Å². The van der Waals surface area contributed by atoms with Crippen molar-refractivity contribution in [3.8, 4) is 0 Å². The SMILES string of the molecule is CN1C(=O)C(CCO[Si](C)(C)C(C)(C)C)c2ccccc21. The maximum absolute atomic E-state index is 12.4. The summed E-state index contributed by atoms with van der Waals surface area (Å²) in [6.07, 6.45) is 0.771. The third-order valence-electron chi connectivity index (χ3n) is 4.98. The lowest BCUT2D eigenvalue weighted by Crippen LogP contribution is -2.41. The topological polar surface area (TPSA) is 29.5 Å². The van der Waals surface area contributed by atoms with Crippen molar-refractivity contribution in [3.63, 3.8) is 0 Å². The number of fused-ring (bicyclic) bond motifs is 1. The molecular weight excluding hydrogens is 278 g/mol. The lowest BCUT2D eigenvalue weighted by molar-refractivity contribution is -0.119. The molecule has 1 heterocycles. The van der Waals surface area contributed by atoms with E-state index in [9.17, 15) is 4.79 Å². The van der Waals surface area contributed by atoms with Gasteiger partial charge in [0.15, 0.2) is 8.32 Å². The van der Waals surface area contributed by atoms with Crippen molar-refractivity contribution >= 4 is 19.9 Å². The van der Waals surface area contributed by atoms with E-state index >= 15 is 0 Å². The Morgan fingerprint density at radius 1 is 1.24 bits per heavy atom. The number of rotatable bonds is 4. The highest BCUT2D eigenvalue weighted by Gasteiger charge is 2.38. The molecule has 21 heavy (non-hydrogen) atoms. The summed E-state index contributed by atoms with van der Waals surface area (Å²) in [4.78, 5) is 14.2. The predicted octanol–water partition coefficient (Wildman–Crippen LogP) is 4.16. The van der Waals surface area contributed by atoms with Crippen molar-refractivity contribution in [1.29, 1.82) is 0 Å². The molecule has 0 radical (unpaired) electrons. The average molecular weight is 305 g/mol. The molecule has 1 amide bonds. The Morgan fingerprint density at radius 3 is 2.48 bits per heavy atom. The number of nitrogens with zero attached hydrogens (tertiary/aromatic N) is 1. The smallest absolute Gasteiger partial charge is 0.234 e. The number of carbonyl (C=O) groups is 1. The molecule has 1 atom stereocenters. The van der Waals surface area contributed by atoms with Crippen LogP contribution in [0.15, 0.2) is 24.3 Å². The quantitative estimate of drug-likeness (QED) is 0.782. The molecule has 1 aromatic carbocycles. The van der Waals surface area contributed by atoms with E-state index in [2.05, 4.69) is 39.9 Å². The van der Waals surface area contributed by atoms with Gasteiger partial charge in [-0.15, -0.1) is 0 Å². The second-order valence-corrected chi connectivity index (χ2v) is 12.2. The van der Waals surface area contributed by atoms with Gasteiger partial charge in [0, 0.05) is 19.3 Å². The number of hydrogen-bond acceptors (Lipinski definition) is 2. The Morgan fingerprint density at radius 2 is 1.86 bits per heavy atom. The average Bonchev–Trinajstić information content (AvgIpc) is 2.63. The zero-order valence-corrected chi connectivity index (χ0v) is 15.1. The standard InChI is InChI=1S/C17H27NO2Si/c1-17(2,3)21(5,6)20-12-11-14-13-9-7-8-10-15(13)18(4)16(14)19/h7-10,14H,11-12H2,1-6H3. The van der Waals surface area contributed by atoms with Gasteiger partial charge in [-0.2, -0.15) is 0 Å². The largest absolute Gasteiger partial charge is 0.417 e. The van der Waals surface area contributed by atoms with Gasteiger partial charge in [-0.3, -0.25) is 4.79 Å². The van der Waals surface area contributed by atoms with E-state index in [1.807, 2.05) is 25.2 Å². The van der Waals surface area contributed by atoms with Crippen LogP contribution in [0.1, 0.15) is 38.7 Å². The van der Waals surface area contributed by atoms with E-state index in [-0.39, 0.29) is 16.9 Å². The fourth-order valence-electron chi connectivity index (χ4n) is 2.50. The van der Waals surface area contributed by atoms with Crippen LogP contribution in [0.25, 0.3) is 0 Å². The van der Waals surface area contributed by atoms with Crippen molar-refractivity contribution in [2.45, 2.75) is 51.2 Å². The van der Waals surface area contributed by atoms with E-state index in [0.717, 1.165) is 17.7 Å². The van der Waals surface area contributed by atoms with Crippen molar-refractivity contribution in [3.05, 3.63) is 29.8 Å². The van der Waals surface area contributed by atoms with Gasteiger partial charge in [-0.1, -0.05) is 39.0 Å². The highest BCUT2D eigenvalue weighted by atomic mass is 28.4. The molecule has 0 spiro atoms. The van der Waals surface area contributed by atoms with Crippen molar-refractivity contribution < 1.29 is 9.22 Å². The van der Waals surface area contributed by atoms with Crippen LogP contribution in [0, 0.1) is 0 Å². The summed E-state index contributed by atoms with van der Waals surface area (Å²) >= 11 is 0. The van der Waals surface area contributed by atoms with Crippen molar-refractivity contribution in [2.75, 3.05) is 18.6 Å². The zero-order valence-electron chi connectivity index (χ0n) is 14.1. The molecule has 1 aromatic rings. The Kier molecular flexibility index (Phi) is 4.31. The highest BCUT2D eigenvalue weighted by molar-refractivity contribution is 6.74. The fourth-order valence-corrected chi connectivity index (χ4v) is 3.56. The maximum atomic E-state index is 12.4. The first-order valence-corrected chi connectivity index (χ1v) is 10.6. The van der Waals surface area contributed by atoms with Crippen LogP contribution in [0.4, 0.5) is 5.69 Å². The Balaban J connectivity index is 2.04. The van der Waals surface area contributed by atoms with Crippen molar-refractivity contribution in [1.82, 2.24) is 0 Å². The first kappa shape index (κ1) is 16.2. The Hall–Kier alpha value is -1.13. The monoisotopic (exact) mass is 305 g/mol. The molecular formula is C17H27NO2Si. The number of benzene rings is 1. The van der Waals surface area contributed by atoms with Crippen LogP contribution < -0.4 is 4.90 Å². The molecule has 1 aliphatic heterocycles. The maximum Gasteiger partial charge on any atom is 0.234 e. The molecule has 0 bridgehead atoms. The molecule has 1 aliphatic rings. The summed E-state index contributed by atoms with van der Waals surface area (Å²) in [5.41, 5.74) is 2.18. The molecule has 0 aromatic heterocycles. The molecule has 4 heteroatoms. The minimum absolute atomic E-state index is 0.0454. The molecule has 0 N–H and O–H groups in total. The van der Waals surface area contributed by atoms with Gasteiger partial charge in [-0.25, -0.2) is 0 Å². The molecule has 0 saturated heterocycles. The molecule has 116 valence electrons. The summed E-state index contributed by atoms with van der Waals surface area (Å²) in [5, 5.41) is 0.210. The lowest BCUT2D eigenvalue weighted by Gasteiger charge is -2.36. The second-order valence-electron chi connectivity index (χ2n) is 7.41. The summed E-state index contributed by atoms with van der Waals surface area (Å²) in [6.45, 7) is 11.9. The molecule has 2 rings (SSSR count). The van der Waals surface area contributed by atoms with Crippen LogP contribution in [0.3, 0.4) is 0 Å². The second kappa shape index (κ2) is 5.58.